The fraction of sp³-hybridized carbons (Fsp3) is 0.500. The minimum Gasteiger partial charge on any atom is -0.311 e. The molecule has 3 atom stereocenters. The van der Waals surface area contributed by atoms with Crippen molar-refractivity contribution in [3.63, 3.8) is 0 Å². The van der Waals surface area contributed by atoms with Crippen molar-refractivity contribution in [1.29, 1.82) is 0 Å². The molecular weight excluding hydrogens is 220 g/mol. The van der Waals surface area contributed by atoms with Crippen LogP contribution in [0.4, 0.5) is 0 Å². The van der Waals surface area contributed by atoms with Gasteiger partial charge >= 0.3 is 0 Å². The molecule has 1 heterocycles. The lowest BCUT2D eigenvalue weighted by Crippen LogP contribution is -2.53. The van der Waals surface area contributed by atoms with Crippen LogP contribution in [0.1, 0.15) is 31.9 Å². The molecule has 0 bridgehead atoms. The molecule has 1 saturated heterocycles. The molecule has 1 aliphatic rings. The number of hydrogen-bond acceptors (Lipinski definition) is 2. The summed E-state index contributed by atoms with van der Waals surface area (Å²) in [5.74, 6) is 0. The number of nitrogens with one attached hydrogen (secondary N) is 1. The summed E-state index contributed by atoms with van der Waals surface area (Å²) in [6.45, 7) is 10.6. The van der Waals surface area contributed by atoms with Crippen LogP contribution in [0.25, 0.3) is 0 Å². The van der Waals surface area contributed by atoms with Gasteiger partial charge in [0.2, 0.25) is 0 Å². The summed E-state index contributed by atoms with van der Waals surface area (Å²) in [4.78, 5) is 2.61. The minimum absolute atomic E-state index is 0.484. The standard InChI is InChI=1S/C16H24N2/c1-4-8-14(3)18-12-13(2)17-11-16(18)15-9-6-5-7-10-15/h4-7,9-10,13-14,16-17H,1,8,11-12H2,2-3H3. The fourth-order valence-corrected chi connectivity index (χ4v) is 2.79. The summed E-state index contributed by atoms with van der Waals surface area (Å²) >= 11 is 0. The zero-order valence-electron chi connectivity index (χ0n) is 11.5. The molecule has 1 aromatic carbocycles. The molecule has 1 aromatic rings. The molecule has 2 nitrogen and oxygen atoms in total. The molecule has 0 amide bonds. The van der Waals surface area contributed by atoms with Crippen molar-refractivity contribution in [3.05, 3.63) is 48.6 Å². The van der Waals surface area contributed by atoms with Gasteiger partial charge in [0.25, 0.3) is 0 Å². The Kier molecular flexibility index (Phi) is 4.56. The Bertz CT molecular complexity index is 374. The molecule has 18 heavy (non-hydrogen) atoms. The van der Waals surface area contributed by atoms with Crippen molar-refractivity contribution < 1.29 is 0 Å². The van der Waals surface area contributed by atoms with E-state index in [1.54, 1.807) is 0 Å². The van der Waals surface area contributed by atoms with Crippen LogP contribution in [-0.2, 0) is 0 Å². The van der Waals surface area contributed by atoms with E-state index in [2.05, 4.69) is 61.0 Å². The van der Waals surface area contributed by atoms with Crippen molar-refractivity contribution >= 4 is 0 Å². The predicted octanol–water partition coefficient (Wildman–Crippen LogP) is 2.99. The number of nitrogens with zero attached hydrogens (tertiary/aromatic N) is 1. The van der Waals surface area contributed by atoms with E-state index in [1.165, 1.54) is 5.56 Å². The van der Waals surface area contributed by atoms with Crippen molar-refractivity contribution in [2.45, 2.75) is 38.4 Å². The number of hydrogen-bond donors (Lipinski definition) is 1. The Labute approximate surface area is 111 Å². The average molecular weight is 244 g/mol. The van der Waals surface area contributed by atoms with E-state index in [-0.39, 0.29) is 0 Å². The van der Waals surface area contributed by atoms with E-state index >= 15 is 0 Å². The van der Waals surface area contributed by atoms with Gasteiger partial charge in [-0.25, -0.2) is 0 Å². The van der Waals surface area contributed by atoms with Crippen molar-refractivity contribution in [2.24, 2.45) is 0 Å². The Morgan fingerprint density at radius 2 is 2.17 bits per heavy atom. The summed E-state index contributed by atoms with van der Waals surface area (Å²) in [5, 5.41) is 3.59. The zero-order chi connectivity index (χ0) is 13.0. The van der Waals surface area contributed by atoms with Crippen molar-refractivity contribution in [2.75, 3.05) is 13.1 Å². The van der Waals surface area contributed by atoms with Crippen molar-refractivity contribution in [3.8, 4) is 0 Å². The zero-order valence-corrected chi connectivity index (χ0v) is 11.5. The molecule has 2 rings (SSSR count). The van der Waals surface area contributed by atoms with Gasteiger partial charge in [-0.1, -0.05) is 36.4 Å². The van der Waals surface area contributed by atoms with Crippen LogP contribution in [0.2, 0.25) is 0 Å². The third-order valence-electron chi connectivity index (χ3n) is 3.80. The van der Waals surface area contributed by atoms with Crippen LogP contribution in [-0.4, -0.2) is 30.1 Å². The molecule has 2 heteroatoms. The lowest BCUT2D eigenvalue weighted by molar-refractivity contribution is 0.0941. The minimum atomic E-state index is 0.484. The van der Waals surface area contributed by atoms with Gasteiger partial charge in [0.15, 0.2) is 0 Å². The second kappa shape index (κ2) is 6.17. The molecule has 0 aromatic heterocycles. The lowest BCUT2D eigenvalue weighted by atomic mass is 9.98. The second-order valence-electron chi connectivity index (χ2n) is 5.31. The average Bonchev–Trinajstić information content (AvgIpc) is 2.40. The van der Waals surface area contributed by atoms with Gasteiger partial charge in [-0.05, 0) is 25.8 Å². The van der Waals surface area contributed by atoms with Gasteiger partial charge in [0.1, 0.15) is 0 Å². The van der Waals surface area contributed by atoms with Crippen molar-refractivity contribution in [1.82, 2.24) is 10.2 Å². The Morgan fingerprint density at radius 3 is 2.83 bits per heavy atom. The first kappa shape index (κ1) is 13.3. The summed E-state index contributed by atoms with van der Waals surface area (Å²) in [5.41, 5.74) is 1.41. The molecule has 0 saturated carbocycles. The molecule has 0 spiro atoms. The monoisotopic (exact) mass is 244 g/mol. The third-order valence-corrected chi connectivity index (χ3v) is 3.80. The maximum atomic E-state index is 3.87. The number of piperazine rings is 1. The van der Waals surface area contributed by atoms with Crippen LogP contribution in [0.5, 0.6) is 0 Å². The molecule has 1 N–H and O–H groups in total. The molecule has 98 valence electrons. The highest BCUT2D eigenvalue weighted by molar-refractivity contribution is 5.20. The smallest absolute Gasteiger partial charge is 0.0476 e. The third kappa shape index (κ3) is 3.01. The topological polar surface area (TPSA) is 15.3 Å². The van der Waals surface area contributed by atoms with E-state index in [9.17, 15) is 0 Å². The molecule has 0 aliphatic carbocycles. The van der Waals surface area contributed by atoms with Crippen LogP contribution >= 0.6 is 0 Å². The van der Waals surface area contributed by atoms with E-state index in [0.29, 0.717) is 18.1 Å². The first-order chi connectivity index (χ1) is 8.72. The van der Waals surface area contributed by atoms with Gasteiger partial charge in [-0.15, -0.1) is 6.58 Å². The SMILES string of the molecule is C=CCC(C)N1CC(C)NCC1c1ccccc1. The lowest BCUT2D eigenvalue weighted by Gasteiger charge is -2.43. The van der Waals surface area contributed by atoms with Gasteiger partial charge in [-0.3, -0.25) is 4.90 Å². The van der Waals surface area contributed by atoms with Crippen LogP contribution in [0.15, 0.2) is 43.0 Å². The van der Waals surface area contributed by atoms with E-state index in [0.717, 1.165) is 19.5 Å². The van der Waals surface area contributed by atoms with Gasteiger partial charge < -0.3 is 5.32 Å². The number of benzene rings is 1. The van der Waals surface area contributed by atoms with E-state index in [4.69, 9.17) is 0 Å². The summed E-state index contributed by atoms with van der Waals surface area (Å²) in [7, 11) is 0. The Morgan fingerprint density at radius 1 is 1.44 bits per heavy atom. The van der Waals surface area contributed by atoms with Gasteiger partial charge in [-0.2, -0.15) is 0 Å². The first-order valence-corrected chi connectivity index (χ1v) is 6.87. The van der Waals surface area contributed by atoms with E-state index in [1.807, 2.05) is 6.08 Å². The quantitative estimate of drug-likeness (QED) is 0.819. The Balaban J connectivity index is 2.18. The maximum Gasteiger partial charge on any atom is 0.0476 e. The van der Waals surface area contributed by atoms with E-state index < -0.39 is 0 Å². The molecule has 1 fully saturated rings. The molecule has 0 radical (unpaired) electrons. The Hall–Kier alpha value is -1.12. The summed E-state index contributed by atoms with van der Waals surface area (Å²) in [6, 6.07) is 12.4. The highest BCUT2D eigenvalue weighted by Gasteiger charge is 2.29. The second-order valence-corrected chi connectivity index (χ2v) is 5.31. The summed E-state index contributed by atoms with van der Waals surface area (Å²) < 4.78 is 0. The maximum absolute atomic E-state index is 3.87. The highest BCUT2D eigenvalue weighted by Crippen LogP contribution is 2.26. The van der Waals surface area contributed by atoms with Gasteiger partial charge in [0, 0.05) is 31.2 Å². The van der Waals surface area contributed by atoms with Crippen LogP contribution in [0, 0.1) is 0 Å². The highest BCUT2D eigenvalue weighted by atomic mass is 15.2. The summed E-state index contributed by atoms with van der Waals surface area (Å²) in [6.07, 6.45) is 3.08. The molecule has 3 unspecified atom stereocenters. The number of rotatable bonds is 4. The van der Waals surface area contributed by atoms with Crippen LogP contribution < -0.4 is 5.32 Å². The van der Waals surface area contributed by atoms with Gasteiger partial charge in [0.05, 0.1) is 0 Å². The first-order valence-electron chi connectivity index (χ1n) is 6.87. The fourth-order valence-electron chi connectivity index (χ4n) is 2.79. The normalized spacial score (nSPS) is 26.8. The van der Waals surface area contributed by atoms with Crippen LogP contribution in [0.3, 0.4) is 0 Å². The molecule has 1 aliphatic heterocycles. The predicted molar refractivity (Wildman–Crippen MR) is 77.6 cm³/mol. The largest absolute Gasteiger partial charge is 0.311 e. The molecular formula is C16H24N2.